The monoisotopic (exact) mass is 361 g/mol. The molecule has 1 aliphatic carbocycles. The van der Waals surface area contributed by atoms with Gasteiger partial charge in [-0.25, -0.2) is 4.98 Å². The van der Waals surface area contributed by atoms with Crippen molar-refractivity contribution in [3.05, 3.63) is 24.4 Å². The highest BCUT2D eigenvalue weighted by Crippen LogP contribution is 2.39. The summed E-state index contributed by atoms with van der Waals surface area (Å²) in [6.45, 7) is 4.92. The van der Waals surface area contributed by atoms with Gasteiger partial charge in [-0.05, 0) is 36.8 Å². The highest BCUT2D eigenvalue weighted by Gasteiger charge is 2.39. The lowest BCUT2D eigenvalue weighted by molar-refractivity contribution is 0.0319. The quantitative estimate of drug-likeness (QED) is 0.772. The van der Waals surface area contributed by atoms with Crippen molar-refractivity contribution in [2.45, 2.75) is 38.1 Å². The maximum absolute atomic E-state index is 4.53. The summed E-state index contributed by atoms with van der Waals surface area (Å²) in [6, 6.07) is 7.03. The summed E-state index contributed by atoms with van der Waals surface area (Å²) in [4.78, 5) is 9.79. The van der Waals surface area contributed by atoms with E-state index in [9.17, 15) is 0 Å². The number of piperidine rings is 1. The van der Waals surface area contributed by atoms with Crippen LogP contribution in [0.2, 0.25) is 0 Å². The highest BCUT2D eigenvalue weighted by molar-refractivity contribution is 5.85. The van der Waals surface area contributed by atoms with E-state index in [1.807, 2.05) is 12.3 Å². The van der Waals surface area contributed by atoms with Crippen LogP contribution in [0.4, 0.5) is 5.82 Å². The summed E-state index contributed by atoms with van der Waals surface area (Å²) in [5, 5.41) is 0. The minimum absolute atomic E-state index is 0. The van der Waals surface area contributed by atoms with Gasteiger partial charge in [0.1, 0.15) is 5.82 Å². The summed E-state index contributed by atoms with van der Waals surface area (Å²) >= 11 is 0. The van der Waals surface area contributed by atoms with Crippen LogP contribution in [0.1, 0.15) is 32.1 Å². The second kappa shape index (κ2) is 9.07. The molecule has 1 saturated carbocycles. The third-order valence-corrected chi connectivity index (χ3v) is 5.69. The Bertz CT molecular complexity index is 462. The molecule has 3 aliphatic rings. The molecular weight excluding hydrogens is 333 g/mol. The Kier molecular flexibility index (Phi) is 8.08. The van der Waals surface area contributed by atoms with Crippen LogP contribution >= 0.6 is 24.8 Å². The normalized spacial score (nSPS) is 29.9. The van der Waals surface area contributed by atoms with Crippen molar-refractivity contribution in [2.75, 3.05) is 31.1 Å². The second-order valence-electron chi connectivity index (χ2n) is 6.82. The van der Waals surface area contributed by atoms with Gasteiger partial charge in [-0.1, -0.05) is 25.3 Å². The van der Waals surface area contributed by atoms with Crippen molar-refractivity contribution in [1.29, 1.82) is 0 Å². The first-order chi connectivity index (χ1) is 9.90. The van der Waals surface area contributed by atoms with Crippen LogP contribution in [0.15, 0.2) is 24.4 Å². The lowest BCUT2D eigenvalue weighted by Crippen LogP contribution is -2.58. The van der Waals surface area contributed by atoms with Crippen molar-refractivity contribution in [2.24, 2.45) is 11.8 Å². The van der Waals surface area contributed by atoms with Crippen LogP contribution in [0, 0.1) is 11.8 Å². The van der Waals surface area contributed by atoms with E-state index in [1.54, 1.807) is 0 Å². The fourth-order valence-electron chi connectivity index (χ4n) is 4.59. The van der Waals surface area contributed by atoms with Crippen molar-refractivity contribution in [1.82, 2.24) is 9.88 Å². The second-order valence-corrected chi connectivity index (χ2v) is 6.82. The van der Waals surface area contributed by atoms with Crippen LogP contribution in [-0.2, 0) is 0 Å². The number of nitrogens with zero attached hydrogens (tertiary/aromatic N) is 3. The molecule has 132 valence electrons. The van der Waals surface area contributed by atoms with Crippen molar-refractivity contribution in [3.63, 3.8) is 0 Å². The minimum Gasteiger partial charge on any atom is -0.412 e. The predicted octanol–water partition coefficient (Wildman–Crippen LogP) is 2.80. The summed E-state index contributed by atoms with van der Waals surface area (Å²) in [5.41, 5.74) is 0. The van der Waals surface area contributed by atoms with Gasteiger partial charge in [0.25, 0.3) is 0 Å². The summed E-state index contributed by atoms with van der Waals surface area (Å²) in [7, 11) is 0. The Hall–Kier alpha value is -0.550. The number of halogens is 2. The summed E-state index contributed by atoms with van der Waals surface area (Å²) < 4.78 is 0. The lowest BCUT2D eigenvalue weighted by Gasteiger charge is -2.50. The van der Waals surface area contributed by atoms with E-state index in [0.29, 0.717) is 0 Å². The Balaban J connectivity index is 0.000000882. The van der Waals surface area contributed by atoms with Crippen LogP contribution in [0.3, 0.4) is 0 Å². The summed E-state index contributed by atoms with van der Waals surface area (Å²) in [6.07, 6.45) is 9.25. The van der Waals surface area contributed by atoms with Crippen molar-refractivity contribution >= 4 is 30.6 Å². The van der Waals surface area contributed by atoms with Crippen LogP contribution in [-0.4, -0.2) is 47.6 Å². The van der Waals surface area contributed by atoms with Gasteiger partial charge in [-0.15, -0.1) is 24.8 Å². The number of rotatable bonds is 1. The molecule has 0 bridgehead atoms. The van der Waals surface area contributed by atoms with E-state index < -0.39 is 0 Å². The third-order valence-electron chi connectivity index (χ3n) is 5.69. The van der Waals surface area contributed by atoms with E-state index >= 15 is 0 Å². The zero-order valence-corrected chi connectivity index (χ0v) is 15.2. The van der Waals surface area contributed by atoms with Crippen LogP contribution in [0.5, 0.6) is 0 Å². The molecule has 4 nitrogen and oxygen atoms in total. The fourth-order valence-corrected chi connectivity index (χ4v) is 4.59. The first-order valence-corrected chi connectivity index (χ1v) is 8.30. The molecule has 3 fully saturated rings. The van der Waals surface area contributed by atoms with Crippen LogP contribution < -0.4 is 4.90 Å². The Morgan fingerprint density at radius 1 is 0.957 bits per heavy atom. The van der Waals surface area contributed by atoms with E-state index in [2.05, 4.69) is 26.9 Å². The topological polar surface area (TPSA) is 50.9 Å². The number of piperazine rings is 1. The number of fused-ring (bicyclic) bond motifs is 2. The Labute approximate surface area is 151 Å². The van der Waals surface area contributed by atoms with E-state index in [-0.39, 0.29) is 30.3 Å². The number of aromatic nitrogens is 1. The number of pyridine rings is 1. The molecule has 2 aliphatic heterocycles. The lowest BCUT2D eigenvalue weighted by atomic mass is 9.72. The van der Waals surface area contributed by atoms with Gasteiger partial charge in [0.15, 0.2) is 0 Å². The van der Waals surface area contributed by atoms with Gasteiger partial charge < -0.3 is 10.4 Å². The van der Waals surface area contributed by atoms with E-state index in [0.717, 1.165) is 30.2 Å². The molecule has 4 rings (SSSR count). The molecule has 3 heterocycles. The molecule has 2 N–H and O–H groups in total. The molecule has 1 aromatic heterocycles. The first kappa shape index (κ1) is 20.5. The standard InChI is InChI=1S/C17H25N3.2ClH.H2O/c1-2-6-15-12-19-9-10-20(17-7-3-4-8-18-17)13-16(19)11-14(15)5-1;;;/h3-4,7-8,14-16H,1-2,5-6,9-13H2;2*1H;1H2/t14-,15+,16+;;;/m0.../s1. The van der Waals surface area contributed by atoms with Gasteiger partial charge in [0.2, 0.25) is 0 Å². The van der Waals surface area contributed by atoms with Gasteiger partial charge in [-0.2, -0.15) is 0 Å². The summed E-state index contributed by atoms with van der Waals surface area (Å²) in [5.74, 6) is 3.17. The molecule has 0 amide bonds. The van der Waals surface area contributed by atoms with Gasteiger partial charge in [0.05, 0.1) is 0 Å². The SMILES string of the molecule is Cl.Cl.O.c1ccc(N2CCN3C[C@H]4CCCC[C@H]4C[C@@H]3C2)nc1. The molecule has 0 unspecified atom stereocenters. The molecule has 23 heavy (non-hydrogen) atoms. The molecule has 3 atom stereocenters. The average molecular weight is 362 g/mol. The highest BCUT2D eigenvalue weighted by atomic mass is 35.5. The number of hydrogen-bond acceptors (Lipinski definition) is 3. The van der Waals surface area contributed by atoms with Crippen molar-refractivity contribution < 1.29 is 5.48 Å². The van der Waals surface area contributed by atoms with E-state index in [1.165, 1.54) is 51.7 Å². The predicted molar refractivity (Wildman–Crippen MR) is 100.0 cm³/mol. The Morgan fingerprint density at radius 3 is 2.48 bits per heavy atom. The van der Waals surface area contributed by atoms with Crippen molar-refractivity contribution in [3.8, 4) is 0 Å². The van der Waals surface area contributed by atoms with E-state index in [4.69, 9.17) is 0 Å². The molecule has 0 aromatic carbocycles. The maximum Gasteiger partial charge on any atom is 0.128 e. The minimum atomic E-state index is 0. The molecular formula is C17H29Cl2N3O. The van der Waals surface area contributed by atoms with Gasteiger partial charge >= 0.3 is 0 Å². The molecule has 0 radical (unpaired) electrons. The first-order valence-electron chi connectivity index (χ1n) is 8.30. The molecule has 2 saturated heterocycles. The zero-order chi connectivity index (χ0) is 13.4. The molecule has 6 heteroatoms. The number of hydrogen-bond donors (Lipinski definition) is 0. The molecule has 1 aromatic rings. The van der Waals surface area contributed by atoms with Gasteiger partial charge in [0, 0.05) is 38.4 Å². The van der Waals surface area contributed by atoms with Crippen LogP contribution in [0.25, 0.3) is 0 Å². The average Bonchev–Trinajstić information content (AvgIpc) is 2.53. The smallest absolute Gasteiger partial charge is 0.128 e. The third kappa shape index (κ3) is 4.30. The van der Waals surface area contributed by atoms with Gasteiger partial charge in [-0.3, -0.25) is 4.90 Å². The zero-order valence-electron chi connectivity index (χ0n) is 13.6. The molecule has 0 spiro atoms. The largest absolute Gasteiger partial charge is 0.412 e. The number of anilines is 1. The maximum atomic E-state index is 4.53. The Morgan fingerprint density at radius 2 is 1.74 bits per heavy atom. The fraction of sp³-hybridized carbons (Fsp3) is 0.706.